The summed E-state index contributed by atoms with van der Waals surface area (Å²) in [4.78, 5) is 25.4. The van der Waals surface area contributed by atoms with Gasteiger partial charge in [0.05, 0.1) is 6.61 Å². The van der Waals surface area contributed by atoms with Gasteiger partial charge in [0.1, 0.15) is 6.61 Å². The summed E-state index contributed by atoms with van der Waals surface area (Å²) in [6.07, 6.45) is 66.0. The highest BCUT2D eigenvalue weighted by atomic mass is 16.6. The quantitative estimate of drug-likeness (QED) is 0.0347. The van der Waals surface area contributed by atoms with Crippen LogP contribution in [0.2, 0.25) is 0 Å². The molecule has 0 aromatic rings. The number of ether oxygens (including phenoxy) is 3. The van der Waals surface area contributed by atoms with Gasteiger partial charge in [-0.05, 0) is 83.5 Å². The maximum atomic E-state index is 12.8. The molecule has 0 aromatic carbocycles. The molecule has 0 N–H and O–H groups in total. The second-order valence-electron chi connectivity index (χ2n) is 16.3. The van der Waals surface area contributed by atoms with Crippen LogP contribution in [0.5, 0.6) is 0 Å². The van der Waals surface area contributed by atoms with Gasteiger partial charge in [0.2, 0.25) is 0 Å². The van der Waals surface area contributed by atoms with Crippen molar-refractivity contribution in [2.24, 2.45) is 0 Å². The smallest absolute Gasteiger partial charge is 0.306 e. The number of hydrogen-bond donors (Lipinski definition) is 0. The van der Waals surface area contributed by atoms with Crippen LogP contribution in [0.3, 0.4) is 0 Å². The summed E-state index contributed by atoms with van der Waals surface area (Å²) < 4.78 is 17.3. The van der Waals surface area contributed by atoms with Gasteiger partial charge in [-0.2, -0.15) is 0 Å². The van der Waals surface area contributed by atoms with Gasteiger partial charge in [-0.3, -0.25) is 9.59 Å². The molecule has 60 heavy (non-hydrogen) atoms. The molecule has 5 heteroatoms. The predicted octanol–water partition coefficient (Wildman–Crippen LogP) is 16.9. The molecule has 0 bridgehead atoms. The third-order valence-corrected chi connectivity index (χ3v) is 10.4. The summed E-state index contributed by atoms with van der Waals surface area (Å²) in [5.74, 6) is -0.437. The van der Waals surface area contributed by atoms with Gasteiger partial charge < -0.3 is 14.2 Å². The summed E-state index contributed by atoms with van der Waals surface area (Å²) in [7, 11) is 0. The fraction of sp³-hybridized carbons (Fsp3) is 0.709. The first-order valence-electron chi connectivity index (χ1n) is 25.1. The molecule has 1 atom stereocenters. The van der Waals surface area contributed by atoms with Crippen LogP contribution in [0.1, 0.15) is 226 Å². The van der Waals surface area contributed by atoms with Gasteiger partial charge in [-0.15, -0.1) is 0 Å². The van der Waals surface area contributed by atoms with E-state index < -0.39 is 6.10 Å². The monoisotopic (exact) mass is 835 g/mol. The minimum atomic E-state index is -0.569. The minimum absolute atomic E-state index is 0.0566. The zero-order chi connectivity index (χ0) is 43.5. The first-order chi connectivity index (χ1) is 29.6. The second-order valence-corrected chi connectivity index (χ2v) is 16.3. The molecule has 0 radical (unpaired) electrons. The Kier molecular flexibility index (Phi) is 48.0. The summed E-state index contributed by atoms with van der Waals surface area (Å²) in [5, 5.41) is 0. The van der Waals surface area contributed by atoms with E-state index in [0.29, 0.717) is 19.4 Å². The van der Waals surface area contributed by atoms with Crippen molar-refractivity contribution in [3.8, 4) is 0 Å². The highest BCUT2D eigenvalue weighted by Gasteiger charge is 2.17. The number of rotatable bonds is 45. The first kappa shape index (κ1) is 57.1. The van der Waals surface area contributed by atoms with E-state index in [1.165, 1.54) is 96.3 Å². The number of esters is 2. The van der Waals surface area contributed by atoms with E-state index in [2.05, 4.69) is 106 Å². The highest BCUT2D eigenvalue weighted by molar-refractivity contribution is 5.70. The van der Waals surface area contributed by atoms with Crippen LogP contribution >= 0.6 is 0 Å². The fourth-order valence-corrected chi connectivity index (χ4v) is 6.76. The Bertz CT molecular complexity index is 1130. The lowest BCUT2D eigenvalue weighted by molar-refractivity contribution is -0.163. The van der Waals surface area contributed by atoms with E-state index >= 15 is 0 Å². The van der Waals surface area contributed by atoms with Gasteiger partial charge in [0, 0.05) is 19.4 Å². The Morgan fingerprint density at radius 2 is 0.750 bits per heavy atom. The van der Waals surface area contributed by atoms with Crippen LogP contribution in [-0.2, 0) is 23.8 Å². The molecule has 0 aromatic heterocycles. The van der Waals surface area contributed by atoms with E-state index in [9.17, 15) is 9.59 Å². The average Bonchev–Trinajstić information content (AvgIpc) is 3.25. The molecule has 0 aliphatic rings. The summed E-state index contributed by atoms with van der Waals surface area (Å²) in [6.45, 7) is 7.46. The van der Waals surface area contributed by atoms with Gasteiger partial charge in [-0.1, -0.05) is 215 Å². The largest absolute Gasteiger partial charge is 0.462 e. The van der Waals surface area contributed by atoms with Crippen LogP contribution in [0.15, 0.2) is 85.1 Å². The standard InChI is InChI=1S/C55H94O5/c1-4-7-10-13-16-19-22-25-27-28-29-31-33-36-39-42-45-48-54(56)59-52-53(51-58-50-47-44-41-38-35-32-26-23-20-17-14-11-8-5-2)60-55(57)49-46-43-40-37-34-30-24-21-18-15-12-9-6-3/h7-8,10-11,16-17,19-20,25-27,32,38,41,53H,4-6,9,12-15,18,21-24,28-31,33-37,39-40,42-52H2,1-3H3/b10-7-,11-8-,19-16-,20-17-,27-25-,32-26-,41-38-. The van der Waals surface area contributed by atoms with Crippen LogP contribution in [-0.4, -0.2) is 37.9 Å². The second kappa shape index (κ2) is 50.4. The molecular formula is C55H94O5. The van der Waals surface area contributed by atoms with E-state index in [0.717, 1.165) is 96.3 Å². The molecule has 0 spiro atoms. The average molecular weight is 835 g/mol. The van der Waals surface area contributed by atoms with Gasteiger partial charge in [-0.25, -0.2) is 0 Å². The zero-order valence-electron chi connectivity index (χ0n) is 39.5. The summed E-state index contributed by atoms with van der Waals surface area (Å²) >= 11 is 0. The number of hydrogen-bond acceptors (Lipinski definition) is 5. The third-order valence-electron chi connectivity index (χ3n) is 10.4. The molecule has 0 amide bonds. The van der Waals surface area contributed by atoms with Crippen LogP contribution in [0, 0.1) is 0 Å². The van der Waals surface area contributed by atoms with Crippen molar-refractivity contribution < 1.29 is 23.8 Å². The van der Waals surface area contributed by atoms with Crippen LogP contribution < -0.4 is 0 Å². The van der Waals surface area contributed by atoms with Crippen molar-refractivity contribution >= 4 is 11.9 Å². The SMILES string of the molecule is CC/C=C\C/C=C\C/C=C\C/C=C\CCCOCC(COC(=O)CCCCCCCCC/C=C\C/C=C\C/C=C\CC)OC(=O)CCCCCCCCCCCCCCC. The van der Waals surface area contributed by atoms with Crippen LogP contribution in [0.4, 0.5) is 0 Å². The summed E-state index contributed by atoms with van der Waals surface area (Å²) in [5.41, 5.74) is 0. The van der Waals surface area contributed by atoms with E-state index in [-0.39, 0.29) is 25.2 Å². The molecule has 0 saturated heterocycles. The maximum absolute atomic E-state index is 12.8. The lowest BCUT2D eigenvalue weighted by atomic mass is 10.0. The van der Waals surface area contributed by atoms with E-state index in [1.54, 1.807) is 0 Å². The maximum Gasteiger partial charge on any atom is 0.306 e. The van der Waals surface area contributed by atoms with Gasteiger partial charge >= 0.3 is 11.9 Å². The Morgan fingerprint density at radius 1 is 0.383 bits per heavy atom. The van der Waals surface area contributed by atoms with Crippen LogP contribution in [0.25, 0.3) is 0 Å². The van der Waals surface area contributed by atoms with Crippen molar-refractivity contribution in [3.63, 3.8) is 0 Å². The fourth-order valence-electron chi connectivity index (χ4n) is 6.76. The Hall–Kier alpha value is -2.92. The lowest BCUT2D eigenvalue weighted by Gasteiger charge is -2.18. The van der Waals surface area contributed by atoms with Crippen molar-refractivity contribution in [3.05, 3.63) is 85.1 Å². The molecule has 1 unspecified atom stereocenters. The summed E-state index contributed by atoms with van der Waals surface area (Å²) in [6, 6.07) is 0. The number of allylic oxidation sites excluding steroid dienone is 14. The Balaban J connectivity index is 4.34. The molecular weight excluding hydrogens is 741 g/mol. The topological polar surface area (TPSA) is 61.8 Å². The number of unbranched alkanes of at least 4 members (excludes halogenated alkanes) is 20. The molecule has 5 nitrogen and oxygen atoms in total. The Morgan fingerprint density at radius 3 is 1.20 bits per heavy atom. The molecule has 0 aliphatic carbocycles. The lowest BCUT2D eigenvalue weighted by Crippen LogP contribution is -2.30. The van der Waals surface area contributed by atoms with Crippen molar-refractivity contribution in [1.82, 2.24) is 0 Å². The molecule has 0 rings (SSSR count). The van der Waals surface area contributed by atoms with Crippen molar-refractivity contribution in [1.29, 1.82) is 0 Å². The van der Waals surface area contributed by atoms with Crippen molar-refractivity contribution in [2.75, 3.05) is 19.8 Å². The predicted molar refractivity (Wildman–Crippen MR) is 260 cm³/mol. The number of carbonyl (C=O) groups excluding carboxylic acids is 2. The van der Waals surface area contributed by atoms with E-state index in [1.807, 2.05) is 0 Å². The van der Waals surface area contributed by atoms with Crippen molar-refractivity contribution in [2.45, 2.75) is 232 Å². The molecule has 344 valence electrons. The van der Waals surface area contributed by atoms with E-state index in [4.69, 9.17) is 14.2 Å². The first-order valence-corrected chi connectivity index (χ1v) is 25.1. The molecule has 0 fully saturated rings. The molecule has 0 heterocycles. The highest BCUT2D eigenvalue weighted by Crippen LogP contribution is 2.14. The van der Waals surface area contributed by atoms with Gasteiger partial charge in [0.25, 0.3) is 0 Å². The van der Waals surface area contributed by atoms with Gasteiger partial charge in [0.15, 0.2) is 6.10 Å². The Labute approximate surface area is 371 Å². The normalized spacial score (nSPS) is 12.9. The zero-order valence-corrected chi connectivity index (χ0v) is 39.5. The minimum Gasteiger partial charge on any atom is -0.462 e. The third kappa shape index (κ3) is 47.8. The molecule has 0 saturated carbocycles. The molecule has 0 aliphatic heterocycles. The number of carbonyl (C=O) groups is 2.